The lowest BCUT2D eigenvalue weighted by molar-refractivity contribution is -0.394. The normalized spacial score (nSPS) is 10.4. The summed E-state index contributed by atoms with van der Waals surface area (Å²) in [5.74, 6) is -1.72. The van der Waals surface area contributed by atoms with Crippen LogP contribution in [0.2, 0.25) is 0 Å². The molecule has 0 saturated heterocycles. The lowest BCUT2D eigenvalue weighted by Crippen LogP contribution is -2.09. The fourth-order valence-electron chi connectivity index (χ4n) is 1.47. The average Bonchev–Trinajstić information content (AvgIpc) is 2.37. The molecule has 0 aliphatic rings. The second-order valence-corrected chi connectivity index (χ2v) is 4.69. The maximum atomic E-state index is 11.8. The smallest absolute Gasteiger partial charge is 0.342 e. The first-order valence-corrected chi connectivity index (χ1v) is 6.07. The second-order valence-electron chi connectivity index (χ2n) is 4.69. The van der Waals surface area contributed by atoms with Crippen LogP contribution in [0.1, 0.15) is 30.6 Å². The molecule has 0 aromatic heterocycles. The van der Waals surface area contributed by atoms with E-state index in [9.17, 15) is 30.1 Å². The predicted molar refractivity (Wildman–Crippen MR) is 71.2 cm³/mol. The zero-order valence-corrected chi connectivity index (χ0v) is 11.4. The molecule has 9 heteroatoms. The number of nitrogens with zero attached hydrogens (tertiary/aromatic N) is 2. The average molecular weight is 298 g/mol. The van der Waals surface area contributed by atoms with Crippen LogP contribution in [-0.2, 0) is 4.74 Å². The monoisotopic (exact) mass is 298 g/mol. The van der Waals surface area contributed by atoms with Gasteiger partial charge in [0.1, 0.15) is 5.56 Å². The van der Waals surface area contributed by atoms with Gasteiger partial charge in [0.25, 0.3) is 5.69 Å². The maximum absolute atomic E-state index is 11.8. The summed E-state index contributed by atoms with van der Waals surface area (Å²) in [7, 11) is 0. The maximum Gasteiger partial charge on any atom is 0.342 e. The molecule has 1 aromatic rings. The molecular weight excluding hydrogens is 284 g/mol. The van der Waals surface area contributed by atoms with E-state index in [4.69, 9.17) is 4.74 Å². The molecule has 0 bridgehead atoms. The molecule has 0 amide bonds. The molecular formula is C12H14N2O7. The van der Waals surface area contributed by atoms with E-state index in [-0.39, 0.29) is 12.5 Å². The van der Waals surface area contributed by atoms with Gasteiger partial charge in [-0.1, -0.05) is 13.8 Å². The predicted octanol–water partition coefficient (Wildman–Crippen LogP) is 2.41. The zero-order chi connectivity index (χ0) is 16.2. The molecule has 0 spiro atoms. The SMILES string of the molecule is CC(C)CCOC(=O)c1cc([N+](=O)[O-])cc([N+](=O)[O-])c1O. The van der Waals surface area contributed by atoms with Gasteiger partial charge in [0.05, 0.1) is 22.5 Å². The van der Waals surface area contributed by atoms with Crippen molar-refractivity contribution < 1.29 is 24.5 Å². The molecule has 1 aromatic carbocycles. The number of hydrogen-bond acceptors (Lipinski definition) is 7. The Bertz CT molecular complexity index is 583. The Balaban J connectivity index is 3.12. The van der Waals surface area contributed by atoms with Crippen molar-refractivity contribution in [3.05, 3.63) is 37.9 Å². The molecule has 0 radical (unpaired) electrons. The number of hydrogen-bond donors (Lipinski definition) is 1. The van der Waals surface area contributed by atoms with Crippen molar-refractivity contribution in [3.8, 4) is 5.75 Å². The molecule has 0 aliphatic carbocycles. The second kappa shape index (κ2) is 6.64. The molecule has 0 heterocycles. The van der Waals surface area contributed by atoms with Crippen molar-refractivity contribution in [1.29, 1.82) is 0 Å². The summed E-state index contributed by atoms with van der Waals surface area (Å²) in [4.78, 5) is 31.3. The first kappa shape index (κ1) is 16.3. The summed E-state index contributed by atoms with van der Waals surface area (Å²) >= 11 is 0. The summed E-state index contributed by atoms with van der Waals surface area (Å²) in [6, 6.07) is 1.33. The molecule has 1 rings (SSSR count). The molecule has 1 N–H and O–H groups in total. The van der Waals surface area contributed by atoms with E-state index in [1.165, 1.54) is 0 Å². The third-order valence-corrected chi connectivity index (χ3v) is 2.63. The van der Waals surface area contributed by atoms with Crippen LogP contribution in [0.5, 0.6) is 5.75 Å². The Kier molecular flexibility index (Phi) is 5.17. The largest absolute Gasteiger partial charge is 0.501 e. The van der Waals surface area contributed by atoms with Crippen molar-refractivity contribution >= 4 is 17.3 Å². The molecule has 21 heavy (non-hydrogen) atoms. The van der Waals surface area contributed by atoms with Gasteiger partial charge in [0.15, 0.2) is 0 Å². The van der Waals surface area contributed by atoms with Crippen molar-refractivity contribution in [2.45, 2.75) is 20.3 Å². The molecule has 9 nitrogen and oxygen atoms in total. The number of rotatable bonds is 6. The van der Waals surface area contributed by atoms with Gasteiger partial charge in [-0.2, -0.15) is 0 Å². The highest BCUT2D eigenvalue weighted by atomic mass is 16.6. The number of aromatic hydroxyl groups is 1. The van der Waals surface area contributed by atoms with Gasteiger partial charge < -0.3 is 9.84 Å². The first-order chi connectivity index (χ1) is 9.73. The Labute approximate surface area is 119 Å². The molecule has 0 aliphatic heterocycles. The number of carbonyl (C=O) groups is 1. The highest BCUT2D eigenvalue weighted by Crippen LogP contribution is 2.34. The van der Waals surface area contributed by atoms with Crippen molar-refractivity contribution in [3.63, 3.8) is 0 Å². The molecule has 114 valence electrons. The third kappa shape index (κ3) is 4.13. The Morgan fingerprint density at radius 3 is 2.38 bits per heavy atom. The fraction of sp³-hybridized carbons (Fsp3) is 0.417. The van der Waals surface area contributed by atoms with Crippen LogP contribution in [0.3, 0.4) is 0 Å². The number of ether oxygens (including phenoxy) is 1. The van der Waals surface area contributed by atoms with E-state index < -0.39 is 38.5 Å². The van der Waals surface area contributed by atoms with Crippen LogP contribution in [0, 0.1) is 26.1 Å². The molecule has 0 fully saturated rings. The quantitative estimate of drug-likeness (QED) is 0.484. The number of esters is 1. The molecule has 0 unspecified atom stereocenters. The highest BCUT2D eigenvalue weighted by Gasteiger charge is 2.28. The zero-order valence-electron chi connectivity index (χ0n) is 11.4. The van der Waals surface area contributed by atoms with E-state index >= 15 is 0 Å². The van der Waals surface area contributed by atoms with Gasteiger partial charge in [-0.05, 0) is 12.3 Å². The van der Waals surface area contributed by atoms with Crippen LogP contribution in [0.15, 0.2) is 12.1 Å². The Morgan fingerprint density at radius 1 is 1.29 bits per heavy atom. The molecule has 0 saturated carbocycles. The standard InChI is InChI=1S/C12H14N2O7/c1-7(2)3-4-21-12(16)9-5-8(13(17)18)6-10(11(9)15)14(19)20/h5-7,15H,3-4H2,1-2H3. The highest BCUT2D eigenvalue weighted by molar-refractivity contribution is 5.95. The van der Waals surface area contributed by atoms with Crippen LogP contribution < -0.4 is 0 Å². The van der Waals surface area contributed by atoms with Crippen molar-refractivity contribution in [2.75, 3.05) is 6.61 Å². The summed E-state index contributed by atoms with van der Waals surface area (Å²) in [5, 5.41) is 31.1. The van der Waals surface area contributed by atoms with Gasteiger partial charge in [0.2, 0.25) is 5.75 Å². The number of benzene rings is 1. The Morgan fingerprint density at radius 2 is 1.90 bits per heavy atom. The minimum absolute atomic E-state index is 0.0480. The van der Waals surface area contributed by atoms with E-state index in [1.807, 2.05) is 13.8 Å². The van der Waals surface area contributed by atoms with Gasteiger partial charge in [-0.3, -0.25) is 20.2 Å². The van der Waals surface area contributed by atoms with Crippen LogP contribution in [0.4, 0.5) is 11.4 Å². The van der Waals surface area contributed by atoms with Crippen molar-refractivity contribution in [2.24, 2.45) is 5.92 Å². The van der Waals surface area contributed by atoms with E-state index in [1.54, 1.807) is 0 Å². The van der Waals surface area contributed by atoms with Gasteiger partial charge in [-0.15, -0.1) is 0 Å². The van der Waals surface area contributed by atoms with Crippen LogP contribution in [-0.4, -0.2) is 27.5 Å². The number of carbonyl (C=O) groups excluding carboxylic acids is 1. The van der Waals surface area contributed by atoms with Gasteiger partial charge >= 0.3 is 11.7 Å². The fourth-order valence-corrected chi connectivity index (χ4v) is 1.47. The molecule has 0 atom stereocenters. The summed E-state index contributed by atoms with van der Waals surface area (Å²) in [5.41, 5.74) is -2.19. The number of non-ortho nitro benzene ring substituents is 1. The van der Waals surface area contributed by atoms with Crippen LogP contribution >= 0.6 is 0 Å². The summed E-state index contributed by atoms with van der Waals surface area (Å²) in [6.07, 6.45) is 0.559. The first-order valence-electron chi connectivity index (χ1n) is 6.07. The van der Waals surface area contributed by atoms with Gasteiger partial charge in [-0.25, -0.2) is 4.79 Å². The number of nitro benzene ring substituents is 2. The lowest BCUT2D eigenvalue weighted by atomic mass is 10.1. The van der Waals surface area contributed by atoms with Crippen LogP contribution in [0.25, 0.3) is 0 Å². The lowest BCUT2D eigenvalue weighted by Gasteiger charge is -2.08. The number of phenols is 1. The van der Waals surface area contributed by atoms with E-state index in [0.717, 1.165) is 6.07 Å². The van der Waals surface area contributed by atoms with Crippen molar-refractivity contribution in [1.82, 2.24) is 0 Å². The Hall–Kier alpha value is -2.71. The number of phenolic OH excluding ortho intramolecular Hbond substituents is 1. The van der Waals surface area contributed by atoms with E-state index in [2.05, 4.69) is 0 Å². The number of nitro groups is 2. The third-order valence-electron chi connectivity index (χ3n) is 2.63. The summed E-state index contributed by atoms with van der Waals surface area (Å²) < 4.78 is 4.85. The summed E-state index contributed by atoms with van der Waals surface area (Å²) in [6.45, 7) is 3.86. The van der Waals surface area contributed by atoms with Gasteiger partial charge in [0, 0.05) is 6.07 Å². The minimum Gasteiger partial charge on any atom is -0.501 e. The topological polar surface area (TPSA) is 133 Å². The van der Waals surface area contributed by atoms with E-state index in [0.29, 0.717) is 12.5 Å². The minimum atomic E-state index is -1.04.